The van der Waals surface area contributed by atoms with E-state index in [1.54, 1.807) is 11.3 Å². The van der Waals surface area contributed by atoms with E-state index in [2.05, 4.69) is 31.0 Å². The first-order chi connectivity index (χ1) is 10.4. The van der Waals surface area contributed by atoms with Crippen molar-refractivity contribution in [2.24, 2.45) is 0 Å². The van der Waals surface area contributed by atoms with E-state index in [4.69, 9.17) is 0 Å². The molecule has 1 aromatic carbocycles. The second-order valence-corrected chi connectivity index (χ2v) is 5.32. The Bertz CT molecular complexity index is 711. The van der Waals surface area contributed by atoms with E-state index < -0.39 is 0 Å². The van der Waals surface area contributed by atoms with Gasteiger partial charge in [-0.05, 0) is 19.1 Å². The molecule has 108 valence electrons. The van der Waals surface area contributed by atoms with Gasteiger partial charge >= 0.3 is 0 Å². The van der Waals surface area contributed by atoms with Crippen LogP contribution in [0, 0.1) is 0 Å². The summed E-state index contributed by atoms with van der Waals surface area (Å²) in [5.74, 6) is 1.53. The summed E-state index contributed by atoms with van der Waals surface area (Å²) in [7, 11) is 0. The van der Waals surface area contributed by atoms with Crippen molar-refractivity contribution in [1.29, 1.82) is 0 Å². The van der Waals surface area contributed by atoms with Crippen molar-refractivity contribution < 1.29 is 0 Å². The van der Waals surface area contributed by atoms with Crippen LogP contribution in [-0.2, 0) is 6.42 Å². The zero-order valence-corrected chi connectivity index (χ0v) is 12.7. The van der Waals surface area contributed by atoms with Gasteiger partial charge in [-0.3, -0.25) is 0 Å². The lowest BCUT2D eigenvalue weighted by atomic mass is 10.2. The van der Waals surface area contributed by atoms with Gasteiger partial charge in [0.2, 0.25) is 5.95 Å². The molecule has 0 aliphatic heterocycles. The van der Waals surface area contributed by atoms with Gasteiger partial charge in [0.05, 0.1) is 16.7 Å². The molecular formula is C15H17N5S. The van der Waals surface area contributed by atoms with Gasteiger partial charge in [-0.15, -0.1) is 11.3 Å². The number of fused-ring (bicyclic) bond motifs is 1. The van der Waals surface area contributed by atoms with E-state index in [0.717, 1.165) is 41.9 Å². The number of aromatic nitrogens is 3. The highest BCUT2D eigenvalue weighted by atomic mass is 32.1. The van der Waals surface area contributed by atoms with E-state index in [1.165, 1.54) is 0 Å². The number of benzene rings is 1. The van der Waals surface area contributed by atoms with Crippen LogP contribution < -0.4 is 10.6 Å². The van der Waals surface area contributed by atoms with Gasteiger partial charge in [-0.2, -0.15) is 4.98 Å². The normalized spacial score (nSPS) is 10.7. The Hall–Kier alpha value is -2.21. The zero-order valence-electron chi connectivity index (χ0n) is 11.8. The maximum atomic E-state index is 4.56. The molecule has 0 fully saturated rings. The molecule has 0 spiro atoms. The van der Waals surface area contributed by atoms with Crippen molar-refractivity contribution in [1.82, 2.24) is 15.0 Å². The van der Waals surface area contributed by atoms with Crippen LogP contribution in [0.25, 0.3) is 10.9 Å². The van der Waals surface area contributed by atoms with Crippen LogP contribution in [-0.4, -0.2) is 28.0 Å². The molecule has 0 amide bonds. The summed E-state index contributed by atoms with van der Waals surface area (Å²) in [4.78, 5) is 13.4. The fourth-order valence-corrected chi connectivity index (χ4v) is 2.71. The summed E-state index contributed by atoms with van der Waals surface area (Å²) in [5.41, 5.74) is 3.91. The van der Waals surface area contributed by atoms with Gasteiger partial charge in [0.25, 0.3) is 0 Å². The Morgan fingerprint density at radius 3 is 2.86 bits per heavy atom. The molecule has 21 heavy (non-hydrogen) atoms. The molecule has 2 heterocycles. The van der Waals surface area contributed by atoms with Crippen LogP contribution in [0.2, 0.25) is 0 Å². The molecule has 0 bridgehead atoms. The quantitative estimate of drug-likeness (QED) is 0.732. The summed E-state index contributed by atoms with van der Waals surface area (Å²) in [6.45, 7) is 3.64. The number of thiazole rings is 1. The maximum absolute atomic E-state index is 4.56. The Kier molecular flexibility index (Phi) is 4.25. The van der Waals surface area contributed by atoms with Crippen LogP contribution in [0.3, 0.4) is 0 Å². The van der Waals surface area contributed by atoms with Crippen molar-refractivity contribution in [2.75, 3.05) is 23.7 Å². The van der Waals surface area contributed by atoms with Gasteiger partial charge in [0.15, 0.2) is 0 Å². The van der Waals surface area contributed by atoms with E-state index in [0.29, 0.717) is 5.95 Å². The Balaban J connectivity index is 1.81. The first-order valence-corrected chi connectivity index (χ1v) is 7.92. The molecule has 0 atom stereocenters. The number of nitrogens with zero attached hydrogens (tertiary/aromatic N) is 3. The van der Waals surface area contributed by atoms with Crippen LogP contribution in [0.5, 0.6) is 0 Å². The third-order valence-corrected chi connectivity index (χ3v) is 3.73. The van der Waals surface area contributed by atoms with Crippen LogP contribution in [0.15, 0.2) is 35.2 Å². The number of para-hydroxylation sites is 1. The number of hydrogen-bond acceptors (Lipinski definition) is 6. The van der Waals surface area contributed by atoms with Crippen LogP contribution in [0.4, 0.5) is 11.8 Å². The number of hydrogen-bond donors (Lipinski definition) is 2. The second-order valence-electron chi connectivity index (χ2n) is 4.60. The molecule has 3 rings (SSSR count). The number of nitrogens with one attached hydrogen (secondary N) is 2. The summed E-state index contributed by atoms with van der Waals surface area (Å²) in [5, 5.41) is 9.68. The monoisotopic (exact) mass is 299 g/mol. The molecule has 0 aliphatic carbocycles. The Morgan fingerprint density at radius 1 is 1.14 bits per heavy atom. The number of anilines is 2. The molecular weight excluding hydrogens is 282 g/mol. The predicted molar refractivity (Wildman–Crippen MR) is 88.0 cm³/mol. The van der Waals surface area contributed by atoms with E-state index >= 15 is 0 Å². The summed E-state index contributed by atoms with van der Waals surface area (Å²) in [6.07, 6.45) is 0.887. The standard InChI is InChI=1S/C15H17N5S/c1-2-16-15-19-13-6-4-3-5-12(13)14(20-15)17-8-7-11-9-21-10-18-11/h3-6,9-10H,2,7-8H2,1H3,(H2,16,17,19,20). The molecule has 0 saturated heterocycles. The first kappa shape index (κ1) is 13.8. The smallest absolute Gasteiger partial charge is 0.225 e. The summed E-state index contributed by atoms with van der Waals surface area (Å²) in [6, 6.07) is 8.04. The molecule has 0 radical (unpaired) electrons. The maximum Gasteiger partial charge on any atom is 0.225 e. The van der Waals surface area contributed by atoms with Gasteiger partial charge in [-0.25, -0.2) is 9.97 Å². The third kappa shape index (κ3) is 3.28. The fraction of sp³-hybridized carbons (Fsp3) is 0.267. The van der Waals surface area contributed by atoms with Crippen LogP contribution in [0.1, 0.15) is 12.6 Å². The van der Waals surface area contributed by atoms with E-state index in [9.17, 15) is 0 Å². The topological polar surface area (TPSA) is 62.7 Å². The first-order valence-electron chi connectivity index (χ1n) is 6.98. The summed E-state index contributed by atoms with van der Waals surface area (Å²) < 4.78 is 0. The molecule has 2 N–H and O–H groups in total. The van der Waals surface area contributed by atoms with Crippen molar-refractivity contribution in [3.05, 3.63) is 40.8 Å². The van der Waals surface area contributed by atoms with Gasteiger partial charge in [0, 0.05) is 30.3 Å². The highest BCUT2D eigenvalue weighted by Crippen LogP contribution is 2.21. The minimum Gasteiger partial charge on any atom is -0.369 e. The lowest BCUT2D eigenvalue weighted by Crippen LogP contribution is -2.10. The van der Waals surface area contributed by atoms with Crippen molar-refractivity contribution >= 4 is 34.0 Å². The van der Waals surface area contributed by atoms with Crippen molar-refractivity contribution in [3.8, 4) is 0 Å². The predicted octanol–water partition coefficient (Wildman–Crippen LogP) is 3.17. The van der Waals surface area contributed by atoms with Gasteiger partial charge in [0.1, 0.15) is 5.82 Å². The lowest BCUT2D eigenvalue weighted by molar-refractivity contribution is 0.967. The van der Waals surface area contributed by atoms with Gasteiger partial charge in [-0.1, -0.05) is 12.1 Å². The van der Waals surface area contributed by atoms with Crippen molar-refractivity contribution in [2.45, 2.75) is 13.3 Å². The second kappa shape index (κ2) is 6.49. The molecule has 2 aromatic heterocycles. The fourth-order valence-electron chi connectivity index (χ4n) is 2.12. The van der Waals surface area contributed by atoms with E-state index in [1.807, 2.05) is 36.7 Å². The molecule has 0 unspecified atom stereocenters. The lowest BCUT2D eigenvalue weighted by Gasteiger charge is -2.10. The van der Waals surface area contributed by atoms with Gasteiger partial charge < -0.3 is 10.6 Å². The number of rotatable bonds is 6. The average molecular weight is 299 g/mol. The summed E-state index contributed by atoms with van der Waals surface area (Å²) >= 11 is 1.62. The largest absolute Gasteiger partial charge is 0.369 e. The van der Waals surface area contributed by atoms with Crippen molar-refractivity contribution in [3.63, 3.8) is 0 Å². The third-order valence-electron chi connectivity index (χ3n) is 3.10. The minimum absolute atomic E-state index is 0.660. The highest BCUT2D eigenvalue weighted by Gasteiger charge is 2.06. The molecule has 0 aliphatic rings. The molecule has 6 heteroatoms. The minimum atomic E-state index is 0.660. The Labute approximate surface area is 127 Å². The molecule has 3 aromatic rings. The molecule has 0 saturated carbocycles. The average Bonchev–Trinajstić information content (AvgIpc) is 3.01. The highest BCUT2D eigenvalue weighted by molar-refractivity contribution is 7.07. The SMILES string of the molecule is CCNc1nc(NCCc2cscn2)c2ccccc2n1. The van der Waals surface area contributed by atoms with Crippen LogP contribution >= 0.6 is 11.3 Å². The molecule has 5 nitrogen and oxygen atoms in total. The zero-order chi connectivity index (χ0) is 14.5. The Morgan fingerprint density at radius 2 is 2.05 bits per heavy atom. The van der Waals surface area contributed by atoms with E-state index in [-0.39, 0.29) is 0 Å².